The molecule has 1 N–H and O–H groups in total. The van der Waals surface area contributed by atoms with Gasteiger partial charge in [0.05, 0.1) is 0 Å². The van der Waals surface area contributed by atoms with Crippen molar-refractivity contribution >= 4 is 34.1 Å². The summed E-state index contributed by atoms with van der Waals surface area (Å²) in [6.07, 6.45) is 3.67. The number of halogens is 1. The van der Waals surface area contributed by atoms with Gasteiger partial charge in [-0.25, -0.2) is 0 Å². The highest BCUT2D eigenvalue weighted by atomic mass is 35.5. The molecule has 1 saturated heterocycles. The Kier molecular flexibility index (Phi) is 5.09. The first-order valence-corrected chi connectivity index (χ1v) is 10.3. The van der Waals surface area contributed by atoms with Crippen LogP contribution in [0.4, 0.5) is 0 Å². The van der Waals surface area contributed by atoms with Crippen molar-refractivity contribution in [2.24, 2.45) is 11.8 Å². The van der Waals surface area contributed by atoms with Crippen molar-refractivity contribution in [3.05, 3.63) is 70.9 Å². The molecule has 2 aromatic rings. The Hall–Kier alpha value is -2.43. The Bertz CT molecular complexity index is 1060. The van der Waals surface area contributed by atoms with Gasteiger partial charge in [0.25, 0.3) is 5.91 Å². The minimum absolute atomic E-state index is 0.236. The molecule has 0 aromatic heterocycles. The van der Waals surface area contributed by atoms with Crippen molar-refractivity contribution in [2.45, 2.75) is 32.3 Å². The molecule has 2 unspecified atom stereocenters. The summed E-state index contributed by atoms with van der Waals surface area (Å²) in [5.74, 6) is -0.921. The van der Waals surface area contributed by atoms with Gasteiger partial charge in [0, 0.05) is 35.2 Å². The number of fused-ring (bicyclic) bond motifs is 2. The van der Waals surface area contributed by atoms with E-state index in [0.717, 1.165) is 16.5 Å². The Labute approximate surface area is 175 Å². The maximum absolute atomic E-state index is 13.2. The van der Waals surface area contributed by atoms with Crippen LogP contribution in [0.15, 0.2) is 65.3 Å². The first-order valence-electron chi connectivity index (χ1n) is 9.92. The summed E-state index contributed by atoms with van der Waals surface area (Å²) in [7, 11) is 0. The fourth-order valence-electron chi connectivity index (χ4n) is 4.31. The number of amides is 1. The van der Waals surface area contributed by atoms with E-state index in [1.54, 1.807) is 23.1 Å². The van der Waals surface area contributed by atoms with Gasteiger partial charge in [0.15, 0.2) is 11.4 Å². The predicted octanol–water partition coefficient (Wildman–Crippen LogP) is 4.67. The van der Waals surface area contributed by atoms with Crippen molar-refractivity contribution in [1.29, 1.82) is 0 Å². The minimum atomic E-state index is -1.78. The van der Waals surface area contributed by atoms with Crippen LogP contribution in [0, 0.1) is 11.8 Å². The number of hydrogen-bond donors (Lipinski definition) is 1. The Morgan fingerprint density at radius 1 is 1.21 bits per heavy atom. The van der Waals surface area contributed by atoms with Crippen LogP contribution in [0.25, 0.3) is 10.8 Å². The molecular weight excluding hydrogens is 386 g/mol. The van der Waals surface area contributed by atoms with E-state index < -0.39 is 17.4 Å². The summed E-state index contributed by atoms with van der Waals surface area (Å²) in [6, 6.07) is 13.2. The molecule has 1 aliphatic carbocycles. The molecule has 2 aliphatic rings. The Morgan fingerprint density at radius 2 is 1.93 bits per heavy atom. The quantitative estimate of drug-likeness (QED) is 0.730. The van der Waals surface area contributed by atoms with Crippen LogP contribution < -0.4 is 0 Å². The molecule has 1 amide bonds. The molecule has 1 heterocycles. The number of carbonyl (C=O) groups excluding carboxylic acids is 2. The van der Waals surface area contributed by atoms with Crippen molar-refractivity contribution in [3.8, 4) is 0 Å². The molecule has 2 aromatic carbocycles. The first-order chi connectivity index (χ1) is 13.8. The molecule has 4 rings (SSSR count). The van der Waals surface area contributed by atoms with Crippen molar-refractivity contribution in [1.82, 2.24) is 4.90 Å². The molecule has 2 atom stereocenters. The van der Waals surface area contributed by atoms with E-state index in [9.17, 15) is 14.7 Å². The monoisotopic (exact) mass is 409 g/mol. The van der Waals surface area contributed by atoms with Gasteiger partial charge in [-0.15, -0.1) is 0 Å². The lowest BCUT2D eigenvalue weighted by atomic mass is 9.79. The third kappa shape index (κ3) is 3.52. The highest BCUT2D eigenvalue weighted by molar-refractivity contribution is 6.29. The van der Waals surface area contributed by atoms with E-state index in [1.165, 1.54) is 0 Å². The van der Waals surface area contributed by atoms with Crippen molar-refractivity contribution < 1.29 is 14.7 Å². The second-order valence-electron chi connectivity index (χ2n) is 8.36. The molecule has 0 bridgehead atoms. The molecule has 150 valence electrons. The van der Waals surface area contributed by atoms with Crippen LogP contribution in [0.5, 0.6) is 0 Å². The Balaban J connectivity index is 1.66. The van der Waals surface area contributed by atoms with Crippen molar-refractivity contribution in [2.75, 3.05) is 6.54 Å². The van der Waals surface area contributed by atoms with E-state index >= 15 is 0 Å². The normalized spacial score (nSPS) is 24.0. The SMILES string of the molecule is CC(C)CN1C(=O)C(O)(CC(=O)c2ccc3ccccc3c2)C2CC(Cl)=CC=C21. The maximum atomic E-state index is 13.2. The molecule has 5 heteroatoms. The zero-order valence-corrected chi connectivity index (χ0v) is 17.3. The van der Waals surface area contributed by atoms with Crippen LogP contribution in [0.2, 0.25) is 0 Å². The summed E-state index contributed by atoms with van der Waals surface area (Å²) in [6.45, 7) is 4.54. The number of aliphatic hydroxyl groups is 1. The number of Topliss-reactive ketones (excluding diaryl/α,β-unsaturated/α-hetero) is 1. The van der Waals surface area contributed by atoms with E-state index in [2.05, 4.69) is 0 Å². The lowest BCUT2D eigenvalue weighted by molar-refractivity contribution is -0.145. The fourth-order valence-corrected chi connectivity index (χ4v) is 4.53. The Morgan fingerprint density at radius 3 is 2.66 bits per heavy atom. The zero-order valence-electron chi connectivity index (χ0n) is 16.6. The van der Waals surface area contributed by atoms with E-state index in [-0.39, 0.29) is 18.1 Å². The molecule has 1 fully saturated rings. The number of carbonyl (C=O) groups is 2. The first kappa shape index (κ1) is 19.9. The second kappa shape index (κ2) is 7.43. The number of benzene rings is 2. The van der Waals surface area contributed by atoms with Crippen LogP contribution >= 0.6 is 11.6 Å². The number of likely N-dealkylation sites (tertiary alicyclic amines) is 1. The molecule has 0 saturated carbocycles. The molecule has 1 aliphatic heterocycles. The van der Waals surface area contributed by atoms with Gasteiger partial charge in [-0.2, -0.15) is 0 Å². The number of nitrogens with zero attached hydrogens (tertiary/aromatic N) is 1. The number of ketones is 1. The standard InChI is InChI=1S/C24H24ClNO3/c1-15(2)14-26-21-10-9-19(25)12-20(21)24(29,23(26)28)13-22(27)18-8-7-16-5-3-4-6-17(16)11-18/h3-11,15,20,29H,12-14H2,1-2H3. The third-order valence-electron chi connectivity index (χ3n) is 5.74. The average molecular weight is 410 g/mol. The van der Waals surface area contributed by atoms with Gasteiger partial charge >= 0.3 is 0 Å². The summed E-state index contributed by atoms with van der Waals surface area (Å²) >= 11 is 6.22. The second-order valence-corrected chi connectivity index (χ2v) is 8.84. The van der Waals surface area contributed by atoms with Gasteiger partial charge in [-0.1, -0.05) is 61.8 Å². The van der Waals surface area contributed by atoms with Crippen LogP contribution in [0.3, 0.4) is 0 Å². The van der Waals surface area contributed by atoms with Crippen LogP contribution in [-0.2, 0) is 4.79 Å². The minimum Gasteiger partial charge on any atom is -0.379 e. The summed E-state index contributed by atoms with van der Waals surface area (Å²) in [5.41, 5.74) is -0.533. The number of hydrogen-bond acceptors (Lipinski definition) is 3. The van der Waals surface area contributed by atoms with E-state index in [0.29, 0.717) is 23.6 Å². The predicted molar refractivity (Wildman–Crippen MR) is 115 cm³/mol. The van der Waals surface area contributed by atoms with Crippen LogP contribution in [0.1, 0.15) is 37.0 Å². The van der Waals surface area contributed by atoms with Gasteiger partial charge < -0.3 is 10.0 Å². The van der Waals surface area contributed by atoms with Gasteiger partial charge in [-0.05, 0) is 41.3 Å². The van der Waals surface area contributed by atoms with Gasteiger partial charge in [-0.3, -0.25) is 9.59 Å². The van der Waals surface area contributed by atoms with Gasteiger partial charge in [0.2, 0.25) is 0 Å². The topological polar surface area (TPSA) is 57.6 Å². The molecular formula is C24H24ClNO3. The fraction of sp³-hybridized carbons (Fsp3) is 0.333. The van der Waals surface area contributed by atoms with Crippen LogP contribution in [-0.4, -0.2) is 33.8 Å². The zero-order chi connectivity index (χ0) is 20.8. The lowest BCUT2D eigenvalue weighted by Gasteiger charge is -2.27. The largest absolute Gasteiger partial charge is 0.379 e. The number of rotatable bonds is 5. The smallest absolute Gasteiger partial charge is 0.259 e. The molecule has 0 spiro atoms. The van der Waals surface area contributed by atoms with Gasteiger partial charge in [0.1, 0.15) is 0 Å². The lowest BCUT2D eigenvalue weighted by Crippen LogP contribution is -2.45. The molecule has 0 radical (unpaired) electrons. The maximum Gasteiger partial charge on any atom is 0.259 e. The highest BCUT2D eigenvalue weighted by Crippen LogP contribution is 2.46. The number of allylic oxidation sites excluding steroid dienone is 3. The van der Waals surface area contributed by atoms with E-state index in [4.69, 9.17) is 11.6 Å². The summed E-state index contributed by atoms with van der Waals surface area (Å²) in [5, 5.41) is 14.0. The molecule has 29 heavy (non-hydrogen) atoms. The highest BCUT2D eigenvalue weighted by Gasteiger charge is 2.57. The molecule has 4 nitrogen and oxygen atoms in total. The average Bonchev–Trinajstić information content (AvgIpc) is 2.88. The van der Waals surface area contributed by atoms with E-state index in [1.807, 2.05) is 50.2 Å². The summed E-state index contributed by atoms with van der Waals surface area (Å²) in [4.78, 5) is 27.9. The third-order valence-corrected chi connectivity index (χ3v) is 6.02. The van der Waals surface area contributed by atoms with Crippen molar-refractivity contribution in [3.63, 3.8) is 0 Å². The summed E-state index contributed by atoms with van der Waals surface area (Å²) < 4.78 is 0.